The van der Waals surface area contributed by atoms with E-state index >= 15 is 0 Å². The highest BCUT2D eigenvalue weighted by atomic mass is 35.5. The van der Waals surface area contributed by atoms with Crippen molar-refractivity contribution < 1.29 is 9.90 Å². The van der Waals surface area contributed by atoms with Gasteiger partial charge in [0.05, 0.1) is 10.6 Å². The molecule has 108 valence electrons. The van der Waals surface area contributed by atoms with Crippen LogP contribution in [-0.4, -0.2) is 47.7 Å². The Morgan fingerprint density at radius 2 is 2.20 bits per heavy atom. The highest BCUT2D eigenvalue weighted by Gasteiger charge is 2.34. The van der Waals surface area contributed by atoms with Gasteiger partial charge in [-0.25, -0.2) is 4.79 Å². The summed E-state index contributed by atoms with van der Waals surface area (Å²) in [5.41, 5.74) is 1.20. The number of carboxylic acid groups (broad SMARTS) is 1. The minimum atomic E-state index is -0.977. The fourth-order valence-electron chi connectivity index (χ4n) is 3.40. The Hall–Kier alpha value is -1.26. The number of hydrogen-bond acceptors (Lipinski definition) is 3. The van der Waals surface area contributed by atoms with Crippen molar-refractivity contribution in [1.82, 2.24) is 4.90 Å². The van der Waals surface area contributed by atoms with Crippen molar-refractivity contribution in [3.05, 3.63) is 28.8 Å². The molecule has 2 aliphatic rings. The number of fused-ring (bicyclic) bond motifs is 1. The molecule has 2 heterocycles. The molecule has 0 bridgehead atoms. The maximum Gasteiger partial charge on any atom is 0.337 e. The largest absolute Gasteiger partial charge is 0.478 e. The molecule has 2 fully saturated rings. The molecule has 1 aromatic rings. The molecular formula is C15H19ClN2O2. The van der Waals surface area contributed by atoms with Crippen LogP contribution < -0.4 is 4.90 Å². The number of halogens is 1. The number of carbonyl (C=O) groups is 1. The minimum Gasteiger partial charge on any atom is -0.478 e. The number of benzene rings is 1. The molecule has 20 heavy (non-hydrogen) atoms. The summed E-state index contributed by atoms with van der Waals surface area (Å²) in [6, 6.07) is 6.32. The van der Waals surface area contributed by atoms with E-state index in [9.17, 15) is 4.79 Å². The predicted octanol–water partition coefficient (Wildman–Crippen LogP) is 2.71. The van der Waals surface area contributed by atoms with Crippen LogP contribution in [0.1, 0.15) is 30.1 Å². The second-order valence-corrected chi connectivity index (χ2v) is 6.17. The van der Waals surface area contributed by atoms with E-state index in [0.717, 1.165) is 18.8 Å². The molecular weight excluding hydrogens is 276 g/mol. The molecule has 4 nitrogen and oxygen atoms in total. The number of hydrogen-bond donors (Lipinski definition) is 1. The van der Waals surface area contributed by atoms with Gasteiger partial charge in [0, 0.05) is 30.9 Å². The Balaban J connectivity index is 1.85. The summed E-state index contributed by atoms with van der Waals surface area (Å²) in [6.07, 6.45) is 2.54. The summed E-state index contributed by atoms with van der Waals surface area (Å²) < 4.78 is 0. The zero-order chi connectivity index (χ0) is 14.3. The summed E-state index contributed by atoms with van der Waals surface area (Å²) in [5, 5.41) is 9.35. The predicted molar refractivity (Wildman–Crippen MR) is 79.8 cm³/mol. The Morgan fingerprint density at radius 1 is 1.40 bits per heavy atom. The topological polar surface area (TPSA) is 43.8 Å². The third kappa shape index (κ3) is 2.38. The maximum atomic E-state index is 11.0. The molecule has 0 aliphatic carbocycles. The van der Waals surface area contributed by atoms with E-state index in [-0.39, 0.29) is 5.56 Å². The van der Waals surface area contributed by atoms with Gasteiger partial charge in [0.1, 0.15) is 0 Å². The van der Waals surface area contributed by atoms with Crippen molar-refractivity contribution in [3.8, 4) is 0 Å². The van der Waals surface area contributed by atoms with Crippen molar-refractivity contribution in [2.24, 2.45) is 0 Å². The molecule has 2 aliphatic heterocycles. The van der Waals surface area contributed by atoms with E-state index in [2.05, 4.69) is 16.7 Å². The van der Waals surface area contributed by atoms with Crippen LogP contribution in [0.5, 0.6) is 0 Å². The van der Waals surface area contributed by atoms with E-state index in [0.29, 0.717) is 17.1 Å². The summed E-state index contributed by atoms with van der Waals surface area (Å²) in [7, 11) is 0. The minimum absolute atomic E-state index is 0.169. The second-order valence-electron chi connectivity index (χ2n) is 5.76. The number of aromatic carboxylic acids is 1. The third-order valence-electron chi connectivity index (χ3n) is 4.45. The van der Waals surface area contributed by atoms with Gasteiger partial charge in [-0.3, -0.25) is 4.90 Å². The lowest BCUT2D eigenvalue weighted by Gasteiger charge is -2.43. The lowest BCUT2D eigenvalue weighted by molar-refractivity contribution is 0.0697. The van der Waals surface area contributed by atoms with Gasteiger partial charge in [-0.1, -0.05) is 11.6 Å². The Kier molecular flexibility index (Phi) is 3.61. The van der Waals surface area contributed by atoms with Gasteiger partial charge in [0.15, 0.2) is 0 Å². The average Bonchev–Trinajstić information content (AvgIpc) is 2.84. The summed E-state index contributed by atoms with van der Waals surface area (Å²) in [4.78, 5) is 15.9. The van der Waals surface area contributed by atoms with E-state index in [1.165, 1.54) is 19.4 Å². The standard InChI is InChI=1S/C15H19ClN2O2/c1-10-8-17-6-2-3-12(17)9-18(10)11-4-5-13(15(19)20)14(16)7-11/h4-5,7,10,12H,2-3,6,8-9H2,1H3,(H,19,20). The van der Waals surface area contributed by atoms with Crippen LogP contribution in [0.4, 0.5) is 5.69 Å². The van der Waals surface area contributed by atoms with Gasteiger partial charge >= 0.3 is 5.97 Å². The van der Waals surface area contributed by atoms with Gasteiger partial charge < -0.3 is 10.0 Å². The number of rotatable bonds is 2. The fraction of sp³-hybridized carbons (Fsp3) is 0.533. The molecule has 2 atom stereocenters. The monoisotopic (exact) mass is 294 g/mol. The molecule has 5 heteroatoms. The van der Waals surface area contributed by atoms with Crippen molar-refractivity contribution in [3.63, 3.8) is 0 Å². The second kappa shape index (κ2) is 5.26. The van der Waals surface area contributed by atoms with Gasteiger partial charge in [0.25, 0.3) is 0 Å². The molecule has 0 aromatic heterocycles. The molecule has 1 N–H and O–H groups in total. The molecule has 0 amide bonds. The number of carboxylic acids is 1. The van der Waals surface area contributed by atoms with Crippen LogP contribution in [0.15, 0.2) is 18.2 Å². The van der Waals surface area contributed by atoms with E-state index < -0.39 is 5.97 Å². The molecule has 0 radical (unpaired) electrons. The van der Waals surface area contributed by atoms with Crippen LogP contribution in [0.2, 0.25) is 5.02 Å². The van der Waals surface area contributed by atoms with E-state index in [4.69, 9.17) is 16.7 Å². The Labute approximate surface area is 123 Å². The van der Waals surface area contributed by atoms with Crippen molar-refractivity contribution in [2.75, 3.05) is 24.5 Å². The van der Waals surface area contributed by atoms with Crippen LogP contribution in [0, 0.1) is 0 Å². The zero-order valence-corrected chi connectivity index (χ0v) is 12.3. The van der Waals surface area contributed by atoms with Crippen LogP contribution in [-0.2, 0) is 0 Å². The van der Waals surface area contributed by atoms with Crippen molar-refractivity contribution in [1.29, 1.82) is 0 Å². The summed E-state index contributed by atoms with van der Waals surface area (Å²) >= 11 is 6.08. The Morgan fingerprint density at radius 3 is 2.90 bits per heavy atom. The lowest BCUT2D eigenvalue weighted by atomic mass is 10.1. The first kappa shape index (κ1) is 13.7. The highest BCUT2D eigenvalue weighted by molar-refractivity contribution is 6.33. The van der Waals surface area contributed by atoms with Crippen LogP contribution >= 0.6 is 11.6 Å². The average molecular weight is 295 g/mol. The zero-order valence-electron chi connectivity index (χ0n) is 11.6. The van der Waals surface area contributed by atoms with Crippen molar-refractivity contribution in [2.45, 2.75) is 31.8 Å². The molecule has 0 spiro atoms. The molecule has 0 saturated carbocycles. The van der Waals surface area contributed by atoms with Crippen LogP contribution in [0.3, 0.4) is 0 Å². The quantitative estimate of drug-likeness (QED) is 0.911. The van der Waals surface area contributed by atoms with Crippen LogP contribution in [0.25, 0.3) is 0 Å². The smallest absolute Gasteiger partial charge is 0.337 e. The van der Waals surface area contributed by atoms with Gasteiger partial charge in [-0.15, -0.1) is 0 Å². The number of nitrogens with zero attached hydrogens (tertiary/aromatic N) is 2. The molecule has 1 aromatic carbocycles. The molecule has 2 saturated heterocycles. The van der Waals surface area contributed by atoms with Gasteiger partial charge in [-0.2, -0.15) is 0 Å². The third-order valence-corrected chi connectivity index (χ3v) is 4.76. The fourth-order valence-corrected chi connectivity index (χ4v) is 3.66. The van der Waals surface area contributed by atoms with Gasteiger partial charge in [-0.05, 0) is 44.5 Å². The maximum absolute atomic E-state index is 11.0. The highest BCUT2D eigenvalue weighted by Crippen LogP contribution is 2.31. The first-order valence-electron chi connectivity index (χ1n) is 7.10. The lowest BCUT2D eigenvalue weighted by Crippen LogP contribution is -2.55. The van der Waals surface area contributed by atoms with Crippen molar-refractivity contribution >= 4 is 23.3 Å². The number of anilines is 1. The van der Waals surface area contributed by atoms with E-state index in [1.807, 2.05) is 6.07 Å². The molecule has 2 unspecified atom stereocenters. The summed E-state index contributed by atoms with van der Waals surface area (Å²) in [5.74, 6) is -0.977. The van der Waals surface area contributed by atoms with E-state index in [1.54, 1.807) is 12.1 Å². The normalized spacial score (nSPS) is 26.6. The molecule has 3 rings (SSSR count). The summed E-state index contributed by atoms with van der Waals surface area (Å²) in [6.45, 7) is 5.50. The van der Waals surface area contributed by atoms with Gasteiger partial charge in [0.2, 0.25) is 0 Å². The SMILES string of the molecule is CC1CN2CCCC2CN1c1ccc(C(=O)O)c(Cl)c1. The first-order valence-corrected chi connectivity index (χ1v) is 7.47. The Bertz CT molecular complexity index is 535. The number of piperazine rings is 1. The first-order chi connectivity index (χ1) is 9.56.